The minimum atomic E-state index is -4.72. The van der Waals surface area contributed by atoms with Crippen LogP contribution in [-0.4, -0.2) is 89.3 Å². The normalized spacial score (nSPS) is 18.7. The summed E-state index contributed by atoms with van der Waals surface area (Å²) in [5.74, 6) is -0.267. The van der Waals surface area contributed by atoms with Crippen molar-refractivity contribution in [1.82, 2.24) is 19.8 Å². The number of aromatic nitrogens is 2. The minimum Gasteiger partial charge on any atom is -0.478 e. The van der Waals surface area contributed by atoms with E-state index in [-0.39, 0.29) is 36.4 Å². The summed E-state index contributed by atoms with van der Waals surface area (Å²) < 4.78 is 59.9. The molecule has 1 atom stereocenters. The van der Waals surface area contributed by atoms with Crippen molar-refractivity contribution < 1.29 is 37.0 Å². The van der Waals surface area contributed by atoms with Crippen molar-refractivity contribution in [2.75, 3.05) is 50.8 Å². The number of piperidine rings is 1. The molecule has 0 N–H and O–H groups in total. The number of benzene rings is 1. The zero-order valence-corrected chi connectivity index (χ0v) is 29.1. The van der Waals surface area contributed by atoms with Crippen LogP contribution in [-0.2, 0) is 16.3 Å². The second kappa shape index (κ2) is 13.9. The summed E-state index contributed by atoms with van der Waals surface area (Å²) in [6, 6.07) is 12.9. The van der Waals surface area contributed by atoms with Gasteiger partial charge in [-0.15, -0.1) is 0 Å². The molecule has 5 heterocycles. The van der Waals surface area contributed by atoms with Crippen LogP contribution in [0.25, 0.3) is 11.3 Å². The second-order valence-corrected chi connectivity index (χ2v) is 14.0. The van der Waals surface area contributed by atoms with Crippen molar-refractivity contribution in [3.63, 3.8) is 0 Å². The summed E-state index contributed by atoms with van der Waals surface area (Å²) >= 11 is 0. The molecule has 14 heteroatoms. The van der Waals surface area contributed by atoms with Crippen LogP contribution < -0.4 is 14.4 Å². The number of carbonyl (C=O) groups is 2. The van der Waals surface area contributed by atoms with Crippen LogP contribution in [0.15, 0.2) is 48.7 Å². The topological polar surface area (TPSA) is 121 Å². The lowest BCUT2D eigenvalue weighted by Crippen LogP contribution is -2.57. The Bertz CT molecular complexity index is 1830. The van der Waals surface area contributed by atoms with Gasteiger partial charge in [0.05, 0.1) is 29.6 Å². The Morgan fingerprint density at radius 1 is 1.06 bits per heavy atom. The fourth-order valence-corrected chi connectivity index (χ4v) is 7.34. The summed E-state index contributed by atoms with van der Waals surface area (Å²) in [6.07, 6.45) is -2.12. The van der Waals surface area contributed by atoms with Gasteiger partial charge >= 0.3 is 12.3 Å². The van der Waals surface area contributed by atoms with Gasteiger partial charge in [0, 0.05) is 44.3 Å². The number of rotatable bonds is 7. The molecule has 1 aromatic carbocycles. The van der Waals surface area contributed by atoms with Crippen molar-refractivity contribution in [3.8, 4) is 29.0 Å². The molecule has 2 amide bonds. The molecule has 3 aliphatic heterocycles. The Balaban J connectivity index is 1.35. The summed E-state index contributed by atoms with van der Waals surface area (Å²) in [4.78, 5) is 41.7. The number of fused-ring (bicyclic) bond motifs is 2. The van der Waals surface area contributed by atoms with Gasteiger partial charge < -0.3 is 28.9 Å². The molecule has 3 aliphatic rings. The number of alkyl halides is 3. The van der Waals surface area contributed by atoms with Gasteiger partial charge in [-0.05, 0) is 82.9 Å². The van der Waals surface area contributed by atoms with Crippen molar-refractivity contribution in [3.05, 3.63) is 65.5 Å². The molecule has 2 fully saturated rings. The molecule has 51 heavy (non-hydrogen) atoms. The Labute approximate surface area is 294 Å². The Morgan fingerprint density at radius 2 is 1.82 bits per heavy atom. The summed E-state index contributed by atoms with van der Waals surface area (Å²) in [5.41, 5.74) is -0.0596. The van der Waals surface area contributed by atoms with Crippen molar-refractivity contribution in [1.29, 1.82) is 5.26 Å². The van der Waals surface area contributed by atoms with Crippen LogP contribution in [0.5, 0.6) is 11.6 Å². The Hall–Kier alpha value is -5.06. The number of ether oxygens (including phenoxy) is 3. The Morgan fingerprint density at radius 3 is 2.51 bits per heavy atom. The molecule has 0 radical (unpaired) electrons. The van der Waals surface area contributed by atoms with Crippen molar-refractivity contribution in [2.24, 2.45) is 0 Å². The van der Waals surface area contributed by atoms with Gasteiger partial charge in [0.2, 0.25) is 5.88 Å². The van der Waals surface area contributed by atoms with E-state index in [9.17, 15) is 22.8 Å². The molecule has 270 valence electrons. The van der Waals surface area contributed by atoms with Crippen LogP contribution in [0.1, 0.15) is 68.6 Å². The summed E-state index contributed by atoms with van der Waals surface area (Å²) in [7, 11) is 0. The molecular formula is C37H41F3N6O5. The van der Waals surface area contributed by atoms with Crippen LogP contribution in [0, 0.1) is 11.3 Å². The first-order valence-corrected chi connectivity index (χ1v) is 17.1. The average molecular weight is 707 g/mol. The number of anilines is 1. The largest absolute Gasteiger partial charge is 0.478 e. The predicted octanol–water partition coefficient (Wildman–Crippen LogP) is 6.47. The molecule has 6 rings (SSSR count). The SMILES string of the molecule is CCOc1ncccc1-c1ccc2c(n1)C(=O)N([C@H]1CCN(C(=O)OC(C)(C)C)C1)CC21CCN(c2cccc(OCC#N)c2C(F)(F)F)CC1. The lowest BCUT2D eigenvalue weighted by molar-refractivity contribution is -0.138. The van der Waals surface area contributed by atoms with Crippen LogP contribution >= 0.6 is 0 Å². The summed E-state index contributed by atoms with van der Waals surface area (Å²) in [5, 5.41) is 8.95. The van der Waals surface area contributed by atoms with Gasteiger partial charge in [0.15, 0.2) is 6.61 Å². The molecule has 3 aromatic rings. The predicted molar refractivity (Wildman–Crippen MR) is 182 cm³/mol. The van der Waals surface area contributed by atoms with E-state index in [1.807, 2.05) is 25.1 Å². The Kier molecular flexibility index (Phi) is 9.76. The number of amides is 2. The lowest BCUT2D eigenvalue weighted by Gasteiger charge is -2.50. The maximum atomic E-state index is 14.4. The minimum absolute atomic E-state index is 0.0194. The molecule has 2 saturated heterocycles. The van der Waals surface area contributed by atoms with E-state index in [1.165, 1.54) is 18.2 Å². The van der Waals surface area contributed by atoms with E-state index in [4.69, 9.17) is 24.5 Å². The number of pyridine rings is 2. The van der Waals surface area contributed by atoms with Crippen LogP contribution in [0.4, 0.5) is 23.7 Å². The van der Waals surface area contributed by atoms with Crippen LogP contribution in [0.2, 0.25) is 0 Å². The van der Waals surface area contributed by atoms with Gasteiger partial charge in [-0.1, -0.05) is 12.1 Å². The highest BCUT2D eigenvalue weighted by Gasteiger charge is 2.49. The van der Waals surface area contributed by atoms with Crippen molar-refractivity contribution in [2.45, 2.75) is 70.2 Å². The molecular weight excluding hydrogens is 665 g/mol. The number of halogens is 3. The average Bonchev–Trinajstić information content (AvgIpc) is 3.59. The quantitative estimate of drug-likeness (QED) is 0.272. The van der Waals surface area contributed by atoms with Gasteiger partial charge in [-0.3, -0.25) is 4.79 Å². The van der Waals surface area contributed by atoms with E-state index in [0.717, 1.165) is 5.56 Å². The number of carbonyl (C=O) groups excluding carboxylic acids is 2. The summed E-state index contributed by atoms with van der Waals surface area (Å²) in [6.45, 7) is 8.70. The second-order valence-electron chi connectivity index (χ2n) is 14.0. The van der Waals surface area contributed by atoms with Crippen molar-refractivity contribution >= 4 is 17.7 Å². The van der Waals surface area contributed by atoms with E-state index in [2.05, 4.69) is 4.98 Å². The van der Waals surface area contributed by atoms with E-state index < -0.39 is 41.2 Å². The third kappa shape index (κ3) is 7.25. The number of nitriles is 1. The standard InChI is InChI=1S/C37H41F3N6O5/c1-5-49-32-25(8-7-17-42-32)27-12-11-26-31(43-27)33(47)46(24-13-18-45(22-24)34(48)51-35(2,3)4)23-36(26)14-19-44(20-15-36)28-9-6-10-29(50-21-16-41)30(28)37(38,39)40/h6-12,17,24H,5,13-15,18-23H2,1-4H3/t24-/m0/s1. The van der Waals surface area contributed by atoms with E-state index >= 15 is 0 Å². The first kappa shape index (κ1) is 35.8. The first-order chi connectivity index (χ1) is 24.2. The highest BCUT2D eigenvalue weighted by Crippen LogP contribution is 2.47. The van der Waals surface area contributed by atoms with Gasteiger partial charge in [-0.2, -0.15) is 18.4 Å². The number of hydrogen-bond acceptors (Lipinski definition) is 9. The zero-order valence-electron chi connectivity index (χ0n) is 29.1. The molecule has 0 aliphatic carbocycles. The smallest absolute Gasteiger partial charge is 0.421 e. The lowest BCUT2D eigenvalue weighted by atomic mass is 9.69. The maximum Gasteiger partial charge on any atom is 0.421 e. The van der Waals surface area contributed by atoms with E-state index in [1.54, 1.807) is 53.8 Å². The number of likely N-dealkylation sites (tertiary alicyclic amines) is 1. The number of nitrogens with zero attached hydrogens (tertiary/aromatic N) is 6. The highest BCUT2D eigenvalue weighted by atomic mass is 19.4. The van der Waals surface area contributed by atoms with Crippen LogP contribution in [0.3, 0.4) is 0 Å². The fraction of sp³-hybridized carbons (Fsp3) is 0.486. The molecule has 1 spiro atoms. The van der Waals surface area contributed by atoms with Gasteiger partial charge in [-0.25, -0.2) is 14.8 Å². The molecule has 0 saturated carbocycles. The van der Waals surface area contributed by atoms with Gasteiger partial charge in [0.25, 0.3) is 5.91 Å². The third-order valence-electron chi connectivity index (χ3n) is 9.63. The van der Waals surface area contributed by atoms with E-state index in [0.29, 0.717) is 62.6 Å². The molecule has 0 bridgehead atoms. The zero-order chi connectivity index (χ0) is 36.6. The number of hydrogen-bond donors (Lipinski definition) is 0. The highest BCUT2D eigenvalue weighted by molar-refractivity contribution is 5.96. The molecule has 2 aromatic heterocycles. The van der Waals surface area contributed by atoms with Gasteiger partial charge in [0.1, 0.15) is 28.7 Å². The molecule has 0 unspecified atom stereocenters. The first-order valence-electron chi connectivity index (χ1n) is 17.1. The molecule has 11 nitrogen and oxygen atoms in total. The monoisotopic (exact) mass is 706 g/mol. The fourth-order valence-electron chi connectivity index (χ4n) is 7.34. The maximum absolute atomic E-state index is 14.4. The third-order valence-corrected chi connectivity index (χ3v) is 9.63.